The fourth-order valence-corrected chi connectivity index (χ4v) is 3.23. The van der Waals surface area contributed by atoms with Gasteiger partial charge in [0.25, 0.3) is 5.91 Å². The standard InChI is InChI=1S/C20H21N3O4/c1-11-8-16(24)12(2)18(25)14(11)10-22-23-20(27)17-15(9-21-19(17)26)13-6-4-3-5-7-13/h3-8,10,15,17,24-25H,9H2,1-2H3,(H,21,26)(H,23,27)/b22-10-/t15-,17+/m0/s1. The Balaban J connectivity index is 1.76. The van der Waals surface area contributed by atoms with Crippen LogP contribution in [-0.4, -0.2) is 34.8 Å². The summed E-state index contributed by atoms with van der Waals surface area (Å²) in [4.78, 5) is 24.7. The number of hydrazone groups is 1. The molecule has 1 aliphatic heterocycles. The zero-order valence-electron chi connectivity index (χ0n) is 15.1. The maximum Gasteiger partial charge on any atom is 0.253 e. The van der Waals surface area contributed by atoms with Crippen molar-refractivity contribution in [3.05, 3.63) is 58.7 Å². The van der Waals surface area contributed by atoms with Crippen LogP contribution >= 0.6 is 0 Å². The van der Waals surface area contributed by atoms with Gasteiger partial charge in [-0.1, -0.05) is 30.3 Å². The molecule has 0 spiro atoms. The highest BCUT2D eigenvalue weighted by Gasteiger charge is 2.40. The molecule has 0 aliphatic carbocycles. The predicted molar refractivity (Wildman–Crippen MR) is 101 cm³/mol. The van der Waals surface area contributed by atoms with Crippen molar-refractivity contribution in [1.29, 1.82) is 0 Å². The predicted octanol–water partition coefficient (Wildman–Crippen LogP) is 1.69. The Hall–Kier alpha value is -3.35. The molecule has 2 aromatic carbocycles. The summed E-state index contributed by atoms with van der Waals surface area (Å²) in [5.74, 6) is -2.11. The summed E-state index contributed by atoms with van der Waals surface area (Å²) >= 11 is 0. The Labute approximate surface area is 156 Å². The van der Waals surface area contributed by atoms with E-state index in [9.17, 15) is 19.8 Å². The molecule has 0 saturated carbocycles. The van der Waals surface area contributed by atoms with E-state index in [0.717, 1.165) is 5.56 Å². The highest BCUT2D eigenvalue weighted by molar-refractivity contribution is 6.03. The van der Waals surface area contributed by atoms with Gasteiger partial charge in [-0.25, -0.2) is 5.43 Å². The Bertz CT molecular complexity index is 909. The number of phenols is 2. The van der Waals surface area contributed by atoms with Gasteiger partial charge in [0.05, 0.1) is 6.21 Å². The van der Waals surface area contributed by atoms with Gasteiger partial charge in [0.1, 0.15) is 17.4 Å². The van der Waals surface area contributed by atoms with Crippen molar-refractivity contribution in [3.8, 4) is 11.5 Å². The number of rotatable bonds is 4. The van der Waals surface area contributed by atoms with Crippen molar-refractivity contribution in [2.24, 2.45) is 11.0 Å². The summed E-state index contributed by atoms with van der Waals surface area (Å²) in [6.07, 6.45) is 1.30. The van der Waals surface area contributed by atoms with Gasteiger partial charge in [-0.3, -0.25) is 9.59 Å². The SMILES string of the molecule is Cc1cc(O)c(C)c(O)c1/C=N\NC(=O)[C@H]1C(=O)NC[C@H]1c1ccccc1. The molecule has 1 aliphatic rings. The van der Waals surface area contributed by atoms with Gasteiger partial charge in [-0.15, -0.1) is 0 Å². The van der Waals surface area contributed by atoms with Crippen molar-refractivity contribution in [3.63, 3.8) is 0 Å². The number of amides is 2. The highest BCUT2D eigenvalue weighted by atomic mass is 16.3. The van der Waals surface area contributed by atoms with Crippen LogP contribution in [-0.2, 0) is 9.59 Å². The largest absolute Gasteiger partial charge is 0.508 e. The normalized spacial score (nSPS) is 19.3. The van der Waals surface area contributed by atoms with Crippen LogP contribution in [0, 0.1) is 19.8 Å². The molecule has 2 atom stereocenters. The van der Waals surface area contributed by atoms with Gasteiger partial charge in [-0.2, -0.15) is 5.10 Å². The first-order chi connectivity index (χ1) is 12.9. The highest BCUT2D eigenvalue weighted by Crippen LogP contribution is 2.31. The summed E-state index contributed by atoms with van der Waals surface area (Å²) in [7, 11) is 0. The van der Waals surface area contributed by atoms with E-state index in [1.807, 2.05) is 30.3 Å². The maximum atomic E-state index is 12.5. The van der Waals surface area contributed by atoms with Crippen molar-refractivity contribution in [2.75, 3.05) is 6.54 Å². The van der Waals surface area contributed by atoms with Crippen LogP contribution in [0.4, 0.5) is 0 Å². The average molecular weight is 367 g/mol. The number of carbonyl (C=O) groups excluding carboxylic acids is 2. The molecule has 140 valence electrons. The minimum Gasteiger partial charge on any atom is -0.508 e. The Kier molecular flexibility index (Phi) is 5.12. The molecule has 1 heterocycles. The molecule has 7 heteroatoms. The molecular weight excluding hydrogens is 346 g/mol. The van der Waals surface area contributed by atoms with Crippen molar-refractivity contribution >= 4 is 18.0 Å². The van der Waals surface area contributed by atoms with E-state index in [-0.39, 0.29) is 23.3 Å². The van der Waals surface area contributed by atoms with E-state index in [1.165, 1.54) is 12.3 Å². The lowest BCUT2D eigenvalue weighted by molar-refractivity contribution is -0.133. The number of hydrogen-bond acceptors (Lipinski definition) is 5. The average Bonchev–Trinajstić information content (AvgIpc) is 3.05. The van der Waals surface area contributed by atoms with Crippen LogP contribution in [0.5, 0.6) is 11.5 Å². The molecule has 1 saturated heterocycles. The quantitative estimate of drug-likeness (QED) is 0.374. The van der Waals surface area contributed by atoms with Crippen LogP contribution in [0.15, 0.2) is 41.5 Å². The van der Waals surface area contributed by atoms with E-state index in [1.54, 1.807) is 13.8 Å². The summed E-state index contributed by atoms with van der Waals surface area (Å²) in [5, 5.41) is 26.5. The second-order valence-corrected chi connectivity index (χ2v) is 6.57. The van der Waals surface area contributed by atoms with Crippen LogP contribution in [0.25, 0.3) is 0 Å². The molecule has 2 aromatic rings. The smallest absolute Gasteiger partial charge is 0.253 e. The zero-order valence-corrected chi connectivity index (χ0v) is 15.1. The third-order valence-electron chi connectivity index (χ3n) is 4.83. The van der Waals surface area contributed by atoms with E-state index in [4.69, 9.17) is 0 Å². The minimum absolute atomic E-state index is 0.0143. The van der Waals surface area contributed by atoms with Gasteiger partial charge in [0.2, 0.25) is 5.91 Å². The maximum absolute atomic E-state index is 12.5. The molecule has 27 heavy (non-hydrogen) atoms. The number of carbonyl (C=O) groups is 2. The first-order valence-electron chi connectivity index (χ1n) is 8.58. The molecule has 0 unspecified atom stereocenters. The van der Waals surface area contributed by atoms with Crippen LogP contribution in [0.2, 0.25) is 0 Å². The van der Waals surface area contributed by atoms with Gasteiger partial charge >= 0.3 is 0 Å². The van der Waals surface area contributed by atoms with Gasteiger partial charge in [0.15, 0.2) is 0 Å². The number of aromatic hydroxyl groups is 2. The van der Waals surface area contributed by atoms with Crippen LogP contribution in [0.1, 0.15) is 28.2 Å². The van der Waals surface area contributed by atoms with E-state index in [2.05, 4.69) is 15.8 Å². The summed E-state index contributed by atoms with van der Waals surface area (Å²) in [5.41, 5.74) is 4.62. The lowest BCUT2D eigenvalue weighted by atomic mass is 9.88. The Morgan fingerprint density at radius 1 is 1.26 bits per heavy atom. The monoisotopic (exact) mass is 367 g/mol. The van der Waals surface area contributed by atoms with Crippen molar-refractivity contribution < 1.29 is 19.8 Å². The third-order valence-corrected chi connectivity index (χ3v) is 4.83. The molecule has 2 amide bonds. The Morgan fingerprint density at radius 2 is 1.96 bits per heavy atom. The molecule has 0 radical (unpaired) electrons. The summed E-state index contributed by atoms with van der Waals surface area (Å²) in [6.45, 7) is 3.67. The zero-order chi connectivity index (χ0) is 19.6. The van der Waals surface area contributed by atoms with Crippen LogP contribution < -0.4 is 10.7 Å². The minimum atomic E-state index is -0.874. The fourth-order valence-electron chi connectivity index (χ4n) is 3.23. The second-order valence-electron chi connectivity index (χ2n) is 6.57. The molecule has 7 nitrogen and oxygen atoms in total. The number of aryl methyl sites for hydroxylation is 1. The summed E-state index contributed by atoms with van der Waals surface area (Å²) < 4.78 is 0. The topological polar surface area (TPSA) is 111 Å². The third kappa shape index (κ3) is 3.62. The number of nitrogens with one attached hydrogen (secondary N) is 2. The number of benzene rings is 2. The molecule has 0 aromatic heterocycles. The molecule has 0 bridgehead atoms. The summed E-state index contributed by atoms with van der Waals surface area (Å²) in [6, 6.07) is 10.9. The van der Waals surface area contributed by atoms with E-state index in [0.29, 0.717) is 23.2 Å². The molecular formula is C20H21N3O4. The van der Waals surface area contributed by atoms with Crippen molar-refractivity contribution in [2.45, 2.75) is 19.8 Å². The van der Waals surface area contributed by atoms with Crippen LogP contribution in [0.3, 0.4) is 0 Å². The lowest BCUT2D eigenvalue weighted by Gasteiger charge is -2.15. The fraction of sp³-hybridized carbons (Fsp3) is 0.250. The van der Waals surface area contributed by atoms with Gasteiger partial charge in [-0.05, 0) is 31.0 Å². The Morgan fingerprint density at radius 3 is 2.67 bits per heavy atom. The number of hydrogen-bond donors (Lipinski definition) is 4. The first-order valence-corrected chi connectivity index (χ1v) is 8.58. The number of nitrogens with zero attached hydrogens (tertiary/aromatic N) is 1. The van der Waals surface area contributed by atoms with Gasteiger partial charge < -0.3 is 15.5 Å². The van der Waals surface area contributed by atoms with Gasteiger partial charge in [0, 0.05) is 23.6 Å². The number of phenolic OH excluding ortho intramolecular Hbond substituents is 2. The van der Waals surface area contributed by atoms with E-state index < -0.39 is 11.8 Å². The molecule has 3 rings (SSSR count). The van der Waals surface area contributed by atoms with E-state index >= 15 is 0 Å². The lowest BCUT2D eigenvalue weighted by Crippen LogP contribution is -2.34. The van der Waals surface area contributed by atoms with Crippen molar-refractivity contribution in [1.82, 2.24) is 10.7 Å². The first kappa shape index (κ1) is 18.4. The molecule has 1 fully saturated rings. The second kappa shape index (κ2) is 7.49. The molecule has 4 N–H and O–H groups in total.